The van der Waals surface area contributed by atoms with Crippen LogP contribution in [0.3, 0.4) is 0 Å². The van der Waals surface area contributed by atoms with Crippen LogP contribution in [0, 0.1) is 24.2 Å². The minimum atomic E-state index is -0.164. The van der Waals surface area contributed by atoms with Crippen LogP contribution >= 0.6 is 0 Å². The lowest BCUT2D eigenvalue weighted by Crippen LogP contribution is -2.34. The number of esters is 1. The SMILES string of the molecule is CC(=O)OC1[CH]C(C(C)C)CCC1C. The Hall–Kier alpha value is -0.530. The summed E-state index contributed by atoms with van der Waals surface area (Å²) in [4.78, 5) is 10.9. The van der Waals surface area contributed by atoms with E-state index in [1.807, 2.05) is 0 Å². The molecule has 0 heterocycles. The molecule has 1 rings (SSSR count). The molecule has 0 saturated heterocycles. The van der Waals surface area contributed by atoms with Crippen LogP contribution in [0.25, 0.3) is 0 Å². The number of ether oxygens (including phenoxy) is 1. The largest absolute Gasteiger partial charge is 0.462 e. The first-order valence-electron chi connectivity index (χ1n) is 5.53. The topological polar surface area (TPSA) is 26.3 Å². The molecule has 0 spiro atoms. The third-order valence-corrected chi connectivity index (χ3v) is 3.11. The van der Waals surface area contributed by atoms with Gasteiger partial charge in [0.15, 0.2) is 0 Å². The molecule has 1 saturated carbocycles. The van der Waals surface area contributed by atoms with Gasteiger partial charge in [-0.3, -0.25) is 4.79 Å². The summed E-state index contributed by atoms with van der Waals surface area (Å²) in [7, 11) is 0. The summed E-state index contributed by atoms with van der Waals surface area (Å²) >= 11 is 0. The van der Waals surface area contributed by atoms with Gasteiger partial charge in [0.05, 0.1) is 0 Å². The fraction of sp³-hybridized carbons (Fsp3) is 0.833. The highest BCUT2D eigenvalue weighted by molar-refractivity contribution is 5.66. The van der Waals surface area contributed by atoms with Crippen molar-refractivity contribution in [2.45, 2.75) is 46.6 Å². The minimum absolute atomic E-state index is 0.0358. The molecule has 14 heavy (non-hydrogen) atoms. The van der Waals surface area contributed by atoms with Crippen molar-refractivity contribution in [3.05, 3.63) is 6.42 Å². The van der Waals surface area contributed by atoms with Gasteiger partial charge in [-0.25, -0.2) is 0 Å². The first kappa shape index (κ1) is 11.5. The Balaban J connectivity index is 2.50. The molecular weight excluding hydrogens is 176 g/mol. The summed E-state index contributed by atoms with van der Waals surface area (Å²) in [5.74, 6) is 1.58. The Bertz CT molecular complexity index is 198. The lowest BCUT2D eigenvalue weighted by molar-refractivity contribution is -0.148. The van der Waals surface area contributed by atoms with Crippen molar-refractivity contribution < 1.29 is 9.53 Å². The molecule has 0 aromatic carbocycles. The van der Waals surface area contributed by atoms with E-state index in [1.54, 1.807) is 0 Å². The number of hydrogen-bond donors (Lipinski definition) is 0. The maximum Gasteiger partial charge on any atom is 0.302 e. The maximum absolute atomic E-state index is 10.9. The monoisotopic (exact) mass is 197 g/mol. The van der Waals surface area contributed by atoms with Crippen LogP contribution in [-0.4, -0.2) is 12.1 Å². The lowest BCUT2D eigenvalue weighted by Gasteiger charge is -2.35. The predicted octanol–water partition coefficient (Wildman–Crippen LogP) is 2.82. The van der Waals surface area contributed by atoms with Gasteiger partial charge in [-0.05, 0) is 30.6 Å². The average Bonchev–Trinajstić information content (AvgIpc) is 2.07. The second-order valence-electron chi connectivity index (χ2n) is 4.73. The van der Waals surface area contributed by atoms with E-state index in [4.69, 9.17) is 4.74 Å². The summed E-state index contributed by atoms with van der Waals surface area (Å²) in [5.41, 5.74) is 0. The molecule has 3 unspecified atom stereocenters. The highest BCUT2D eigenvalue weighted by Crippen LogP contribution is 2.34. The number of carbonyl (C=O) groups is 1. The summed E-state index contributed by atoms with van der Waals surface area (Å²) in [5, 5.41) is 0. The zero-order valence-electron chi connectivity index (χ0n) is 9.62. The molecule has 1 aliphatic rings. The Kier molecular flexibility index (Phi) is 3.97. The molecule has 0 amide bonds. The Morgan fingerprint density at radius 2 is 2.07 bits per heavy atom. The first-order chi connectivity index (χ1) is 6.50. The first-order valence-corrected chi connectivity index (χ1v) is 5.53. The minimum Gasteiger partial charge on any atom is -0.462 e. The third-order valence-electron chi connectivity index (χ3n) is 3.11. The molecule has 0 N–H and O–H groups in total. The van der Waals surface area contributed by atoms with Gasteiger partial charge in [-0.2, -0.15) is 0 Å². The summed E-state index contributed by atoms with van der Waals surface area (Å²) in [6.45, 7) is 8.09. The molecule has 2 heteroatoms. The van der Waals surface area contributed by atoms with Crippen LogP contribution < -0.4 is 0 Å². The average molecular weight is 197 g/mol. The van der Waals surface area contributed by atoms with E-state index in [0.29, 0.717) is 17.8 Å². The molecule has 0 aromatic heterocycles. The van der Waals surface area contributed by atoms with E-state index in [9.17, 15) is 4.79 Å². The summed E-state index contributed by atoms with van der Waals surface area (Å²) < 4.78 is 5.29. The van der Waals surface area contributed by atoms with E-state index >= 15 is 0 Å². The Morgan fingerprint density at radius 3 is 2.57 bits per heavy atom. The number of hydrogen-bond acceptors (Lipinski definition) is 2. The van der Waals surface area contributed by atoms with Crippen LogP contribution in [0.1, 0.15) is 40.5 Å². The Labute approximate surface area is 87.0 Å². The fourth-order valence-electron chi connectivity index (χ4n) is 2.05. The van der Waals surface area contributed by atoms with Crippen molar-refractivity contribution in [1.29, 1.82) is 0 Å². The highest BCUT2D eigenvalue weighted by Gasteiger charge is 2.31. The van der Waals surface area contributed by atoms with E-state index < -0.39 is 0 Å². The van der Waals surface area contributed by atoms with Crippen molar-refractivity contribution in [3.8, 4) is 0 Å². The molecule has 0 bridgehead atoms. The molecule has 0 aliphatic heterocycles. The summed E-state index contributed by atoms with van der Waals surface area (Å²) in [6.07, 6.45) is 4.65. The van der Waals surface area contributed by atoms with Crippen molar-refractivity contribution in [1.82, 2.24) is 0 Å². The molecule has 0 aromatic rings. The lowest BCUT2D eigenvalue weighted by atomic mass is 9.76. The Morgan fingerprint density at radius 1 is 1.43 bits per heavy atom. The van der Waals surface area contributed by atoms with Gasteiger partial charge in [0.1, 0.15) is 6.10 Å². The summed E-state index contributed by atoms with van der Waals surface area (Å²) in [6, 6.07) is 0. The van der Waals surface area contributed by atoms with Crippen LogP contribution in [0.4, 0.5) is 0 Å². The van der Waals surface area contributed by atoms with E-state index in [-0.39, 0.29) is 12.1 Å². The molecule has 3 atom stereocenters. The van der Waals surface area contributed by atoms with E-state index in [0.717, 1.165) is 6.42 Å². The van der Waals surface area contributed by atoms with Gasteiger partial charge in [0.2, 0.25) is 0 Å². The van der Waals surface area contributed by atoms with Gasteiger partial charge in [0.25, 0.3) is 0 Å². The van der Waals surface area contributed by atoms with Crippen molar-refractivity contribution >= 4 is 5.97 Å². The molecule has 1 fully saturated rings. The fourth-order valence-corrected chi connectivity index (χ4v) is 2.05. The van der Waals surface area contributed by atoms with Crippen molar-refractivity contribution in [2.24, 2.45) is 17.8 Å². The predicted molar refractivity (Wildman–Crippen MR) is 56.6 cm³/mol. The van der Waals surface area contributed by atoms with Crippen molar-refractivity contribution in [2.75, 3.05) is 0 Å². The zero-order chi connectivity index (χ0) is 10.7. The quantitative estimate of drug-likeness (QED) is 0.636. The molecule has 1 aliphatic carbocycles. The van der Waals surface area contributed by atoms with Crippen molar-refractivity contribution in [3.63, 3.8) is 0 Å². The van der Waals surface area contributed by atoms with Gasteiger partial charge < -0.3 is 4.74 Å². The standard InChI is InChI=1S/C12H21O2/c1-8(2)11-6-5-9(3)12(7-11)14-10(4)13/h7-9,11-12H,5-6H2,1-4H3. The van der Waals surface area contributed by atoms with Gasteiger partial charge >= 0.3 is 5.97 Å². The third kappa shape index (κ3) is 3.00. The molecular formula is C12H21O2. The molecule has 1 radical (unpaired) electrons. The van der Waals surface area contributed by atoms with Gasteiger partial charge in [0, 0.05) is 13.3 Å². The van der Waals surface area contributed by atoms with Gasteiger partial charge in [-0.15, -0.1) is 0 Å². The van der Waals surface area contributed by atoms with Crippen LogP contribution in [0.2, 0.25) is 0 Å². The normalized spacial score (nSPS) is 33.1. The van der Waals surface area contributed by atoms with Crippen LogP contribution in [0.15, 0.2) is 0 Å². The van der Waals surface area contributed by atoms with E-state index in [1.165, 1.54) is 13.3 Å². The van der Waals surface area contributed by atoms with Gasteiger partial charge in [-0.1, -0.05) is 20.8 Å². The molecule has 2 nitrogen and oxygen atoms in total. The van der Waals surface area contributed by atoms with E-state index in [2.05, 4.69) is 27.2 Å². The molecule has 81 valence electrons. The number of rotatable bonds is 2. The maximum atomic E-state index is 10.9. The number of carbonyl (C=O) groups excluding carboxylic acids is 1. The highest BCUT2D eigenvalue weighted by atomic mass is 16.5. The van der Waals surface area contributed by atoms with Crippen LogP contribution in [0.5, 0.6) is 0 Å². The van der Waals surface area contributed by atoms with Crippen LogP contribution in [-0.2, 0) is 9.53 Å². The smallest absolute Gasteiger partial charge is 0.302 e. The zero-order valence-corrected chi connectivity index (χ0v) is 9.62. The second-order valence-corrected chi connectivity index (χ2v) is 4.73. The second kappa shape index (κ2) is 4.81.